The van der Waals surface area contributed by atoms with Crippen LogP contribution >= 0.6 is 0 Å². The van der Waals surface area contributed by atoms with Crippen molar-refractivity contribution in [2.45, 2.75) is 12.8 Å². The van der Waals surface area contributed by atoms with Crippen molar-refractivity contribution in [1.29, 1.82) is 0 Å². The van der Waals surface area contributed by atoms with Crippen molar-refractivity contribution in [2.24, 2.45) is 5.92 Å². The summed E-state index contributed by atoms with van der Waals surface area (Å²) in [6.07, 6.45) is 6.08. The van der Waals surface area contributed by atoms with Gasteiger partial charge in [0.1, 0.15) is 0 Å². The molecule has 0 aliphatic carbocycles. The van der Waals surface area contributed by atoms with Crippen LogP contribution in [0, 0.1) is 5.92 Å². The molecule has 1 atom stereocenters. The molecular formula is C11H14N4. The Hall–Kier alpha value is -1.42. The van der Waals surface area contributed by atoms with Crippen LogP contribution in [0.3, 0.4) is 0 Å². The van der Waals surface area contributed by atoms with E-state index in [4.69, 9.17) is 0 Å². The minimum Gasteiger partial charge on any atom is -0.316 e. The van der Waals surface area contributed by atoms with Crippen molar-refractivity contribution in [3.8, 4) is 0 Å². The van der Waals surface area contributed by atoms with Gasteiger partial charge in [0.05, 0.1) is 5.69 Å². The maximum absolute atomic E-state index is 4.50. The second kappa shape index (κ2) is 3.62. The van der Waals surface area contributed by atoms with Crippen molar-refractivity contribution in [1.82, 2.24) is 19.9 Å². The topological polar surface area (TPSA) is 42.2 Å². The standard InChI is InChI=1S/C11H14N4/c1-3-13-11-7-10(14-15(11)5-1)6-9-2-4-12-8-9/h1,3,5,7,9,12H,2,4,6,8H2. The molecule has 4 nitrogen and oxygen atoms in total. The van der Waals surface area contributed by atoms with Crippen LogP contribution in [0.15, 0.2) is 24.5 Å². The van der Waals surface area contributed by atoms with Crippen LogP contribution in [0.25, 0.3) is 5.65 Å². The predicted octanol–water partition coefficient (Wildman–Crippen LogP) is 0.881. The van der Waals surface area contributed by atoms with E-state index in [0.29, 0.717) is 0 Å². The summed E-state index contributed by atoms with van der Waals surface area (Å²) in [6, 6.07) is 3.99. The normalized spacial score (nSPS) is 21.2. The zero-order chi connectivity index (χ0) is 10.1. The number of nitrogens with zero attached hydrogens (tertiary/aromatic N) is 3. The van der Waals surface area contributed by atoms with Crippen LogP contribution in [0.5, 0.6) is 0 Å². The molecule has 0 amide bonds. The summed E-state index contributed by atoms with van der Waals surface area (Å²) in [4.78, 5) is 4.26. The molecule has 1 saturated heterocycles. The molecule has 78 valence electrons. The van der Waals surface area contributed by atoms with E-state index >= 15 is 0 Å². The highest BCUT2D eigenvalue weighted by Crippen LogP contribution is 2.14. The second-order valence-corrected chi connectivity index (χ2v) is 4.12. The smallest absolute Gasteiger partial charge is 0.155 e. The van der Waals surface area contributed by atoms with Gasteiger partial charge in [0.15, 0.2) is 5.65 Å². The SMILES string of the molecule is c1cnc2cc(CC3CCNC3)nn2c1. The molecule has 3 heterocycles. The van der Waals surface area contributed by atoms with Gasteiger partial charge in [-0.05, 0) is 37.9 Å². The average molecular weight is 202 g/mol. The summed E-state index contributed by atoms with van der Waals surface area (Å²) in [5.41, 5.74) is 2.10. The first-order valence-corrected chi connectivity index (χ1v) is 5.42. The summed E-state index contributed by atoms with van der Waals surface area (Å²) in [6.45, 7) is 2.28. The minimum absolute atomic E-state index is 0.745. The quantitative estimate of drug-likeness (QED) is 0.786. The van der Waals surface area contributed by atoms with Gasteiger partial charge in [-0.1, -0.05) is 0 Å². The Morgan fingerprint density at radius 3 is 3.33 bits per heavy atom. The van der Waals surface area contributed by atoms with E-state index in [1.807, 2.05) is 16.8 Å². The summed E-state index contributed by atoms with van der Waals surface area (Å²) in [5, 5.41) is 7.88. The third kappa shape index (κ3) is 1.72. The van der Waals surface area contributed by atoms with Crippen molar-refractivity contribution in [3.63, 3.8) is 0 Å². The molecule has 3 rings (SSSR count). The van der Waals surface area contributed by atoms with Gasteiger partial charge >= 0.3 is 0 Å². The van der Waals surface area contributed by atoms with Crippen molar-refractivity contribution >= 4 is 5.65 Å². The van der Waals surface area contributed by atoms with Gasteiger partial charge in [0.25, 0.3) is 0 Å². The molecule has 1 unspecified atom stereocenters. The molecular weight excluding hydrogens is 188 g/mol. The summed E-state index contributed by atoms with van der Waals surface area (Å²) in [7, 11) is 0. The van der Waals surface area contributed by atoms with Crippen LogP contribution in [-0.2, 0) is 6.42 Å². The molecule has 1 N–H and O–H groups in total. The Kier molecular flexibility index (Phi) is 2.14. The first kappa shape index (κ1) is 8.85. The highest BCUT2D eigenvalue weighted by molar-refractivity contribution is 5.38. The van der Waals surface area contributed by atoms with Crippen molar-refractivity contribution < 1.29 is 0 Å². The maximum atomic E-state index is 4.50. The van der Waals surface area contributed by atoms with E-state index in [2.05, 4.69) is 21.5 Å². The van der Waals surface area contributed by atoms with Crippen molar-refractivity contribution in [3.05, 3.63) is 30.2 Å². The largest absolute Gasteiger partial charge is 0.316 e. The molecule has 1 aliphatic rings. The Balaban J connectivity index is 1.84. The number of hydrogen-bond donors (Lipinski definition) is 1. The molecule has 0 aromatic carbocycles. The molecule has 2 aromatic heterocycles. The number of nitrogens with one attached hydrogen (secondary N) is 1. The van der Waals surface area contributed by atoms with Gasteiger partial charge in [0.2, 0.25) is 0 Å². The summed E-state index contributed by atoms with van der Waals surface area (Å²) in [5.74, 6) is 0.745. The Morgan fingerprint density at radius 1 is 1.53 bits per heavy atom. The molecule has 0 saturated carbocycles. The Morgan fingerprint density at radius 2 is 2.53 bits per heavy atom. The molecule has 1 aliphatic heterocycles. The minimum atomic E-state index is 0.745. The summed E-state index contributed by atoms with van der Waals surface area (Å²) >= 11 is 0. The van der Waals surface area contributed by atoms with Gasteiger partial charge in [-0.3, -0.25) is 0 Å². The van der Waals surface area contributed by atoms with E-state index in [9.17, 15) is 0 Å². The summed E-state index contributed by atoms with van der Waals surface area (Å²) < 4.78 is 1.84. The third-order valence-electron chi connectivity index (χ3n) is 2.95. The Labute approximate surface area is 88.3 Å². The second-order valence-electron chi connectivity index (χ2n) is 4.12. The lowest BCUT2D eigenvalue weighted by molar-refractivity contribution is 0.569. The van der Waals surface area contributed by atoms with Gasteiger partial charge in [-0.15, -0.1) is 0 Å². The zero-order valence-corrected chi connectivity index (χ0v) is 8.56. The van der Waals surface area contributed by atoms with Gasteiger partial charge in [-0.2, -0.15) is 5.10 Å². The average Bonchev–Trinajstić information content (AvgIpc) is 2.86. The number of fused-ring (bicyclic) bond motifs is 1. The van der Waals surface area contributed by atoms with Gasteiger partial charge in [-0.25, -0.2) is 9.50 Å². The highest BCUT2D eigenvalue weighted by Gasteiger charge is 2.16. The van der Waals surface area contributed by atoms with Crippen molar-refractivity contribution in [2.75, 3.05) is 13.1 Å². The van der Waals surface area contributed by atoms with Crippen LogP contribution in [-0.4, -0.2) is 27.7 Å². The lowest BCUT2D eigenvalue weighted by Crippen LogP contribution is -2.10. The van der Waals surface area contributed by atoms with E-state index in [1.54, 1.807) is 6.20 Å². The van der Waals surface area contributed by atoms with Crippen LogP contribution < -0.4 is 5.32 Å². The molecule has 0 radical (unpaired) electrons. The lowest BCUT2D eigenvalue weighted by atomic mass is 10.0. The maximum Gasteiger partial charge on any atom is 0.155 e. The van der Waals surface area contributed by atoms with E-state index < -0.39 is 0 Å². The van der Waals surface area contributed by atoms with Crippen LogP contribution in [0.4, 0.5) is 0 Å². The first-order chi connectivity index (χ1) is 7.42. The Bertz CT molecular complexity index is 423. The predicted molar refractivity (Wildman–Crippen MR) is 57.7 cm³/mol. The highest BCUT2D eigenvalue weighted by atomic mass is 15.2. The molecule has 4 heteroatoms. The van der Waals surface area contributed by atoms with E-state index in [0.717, 1.165) is 36.8 Å². The molecule has 15 heavy (non-hydrogen) atoms. The molecule has 2 aromatic rings. The van der Waals surface area contributed by atoms with Gasteiger partial charge in [0, 0.05) is 18.5 Å². The number of hydrogen-bond acceptors (Lipinski definition) is 3. The number of aromatic nitrogens is 3. The van der Waals surface area contributed by atoms with Crippen LogP contribution in [0.2, 0.25) is 0 Å². The lowest BCUT2D eigenvalue weighted by Gasteiger charge is -2.03. The first-order valence-electron chi connectivity index (χ1n) is 5.42. The fraction of sp³-hybridized carbons (Fsp3) is 0.455. The third-order valence-corrected chi connectivity index (χ3v) is 2.95. The van der Waals surface area contributed by atoms with E-state index in [-0.39, 0.29) is 0 Å². The number of rotatable bonds is 2. The van der Waals surface area contributed by atoms with Gasteiger partial charge < -0.3 is 5.32 Å². The van der Waals surface area contributed by atoms with E-state index in [1.165, 1.54) is 6.42 Å². The molecule has 1 fully saturated rings. The fourth-order valence-corrected chi connectivity index (χ4v) is 2.16. The molecule has 0 spiro atoms. The monoisotopic (exact) mass is 202 g/mol. The van der Waals surface area contributed by atoms with Crippen LogP contribution in [0.1, 0.15) is 12.1 Å². The fourth-order valence-electron chi connectivity index (χ4n) is 2.16. The zero-order valence-electron chi connectivity index (χ0n) is 8.56. The molecule has 0 bridgehead atoms.